The molecule has 2 N–H and O–H groups in total. The standard InChI is InChI=1S/C16H22N4O4/c1-12-5-3-4-6-13(12)15-19-14(20-24-15)11-18-16(21)17-7-8-23-10-9-22-2/h3-6H,7-11H2,1-2H3,(H2,17,18,21). The number of benzene rings is 1. The number of hydrogen-bond acceptors (Lipinski definition) is 6. The van der Waals surface area contributed by atoms with Crippen LogP contribution in [0.1, 0.15) is 11.4 Å². The topological polar surface area (TPSA) is 98.5 Å². The lowest BCUT2D eigenvalue weighted by molar-refractivity contribution is 0.0726. The second kappa shape index (κ2) is 9.64. The van der Waals surface area contributed by atoms with Gasteiger partial charge >= 0.3 is 6.03 Å². The number of hydrogen-bond donors (Lipinski definition) is 2. The van der Waals surface area contributed by atoms with Gasteiger partial charge < -0.3 is 24.6 Å². The van der Waals surface area contributed by atoms with Crippen LogP contribution in [0.3, 0.4) is 0 Å². The van der Waals surface area contributed by atoms with Crippen LogP contribution < -0.4 is 10.6 Å². The number of carbonyl (C=O) groups excluding carboxylic acids is 1. The predicted molar refractivity (Wildman–Crippen MR) is 87.4 cm³/mol. The number of methoxy groups -OCH3 is 1. The van der Waals surface area contributed by atoms with Crippen molar-refractivity contribution in [3.63, 3.8) is 0 Å². The van der Waals surface area contributed by atoms with Crippen LogP contribution >= 0.6 is 0 Å². The van der Waals surface area contributed by atoms with Gasteiger partial charge in [-0.05, 0) is 18.6 Å². The lowest BCUT2D eigenvalue weighted by Crippen LogP contribution is -2.37. The van der Waals surface area contributed by atoms with Crippen molar-refractivity contribution in [2.75, 3.05) is 33.5 Å². The third-order valence-electron chi connectivity index (χ3n) is 3.21. The smallest absolute Gasteiger partial charge is 0.315 e. The van der Waals surface area contributed by atoms with Crippen LogP contribution in [-0.2, 0) is 16.0 Å². The first-order valence-electron chi connectivity index (χ1n) is 7.67. The second-order valence-corrected chi connectivity index (χ2v) is 5.05. The number of nitrogens with one attached hydrogen (secondary N) is 2. The monoisotopic (exact) mass is 334 g/mol. The molecule has 0 radical (unpaired) electrons. The summed E-state index contributed by atoms with van der Waals surface area (Å²) in [6.45, 7) is 4.04. The summed E-state index contributed by atoms with van der Waals surface area (Å²) >= 11 is 0. The van der Waals surface area contributed by atoms with E-state index in [1.54, 1.807) is 7.11 Å². The highest BCUT2D eigenvalue weighted by molar-refractivity contribution is 5.73. The van der Waals surface area contributed by atoms with Gasteiger partial charge in [0.1, 0.15) is 0 Å². The van der Waals surface area contributed by atoms with Crippen molar-refractivity contribution in [1.82, 2.24) is 20.8 Å². The van der Waals surface area contributed by atoms with Crippen LogP contribution in [0.4, 0.5) is 4.79 Å². The molecule has 0 unspecified atom stereocenters. The number of amides is 2. The van der Waals surface area contributed by atoms with E-state index in [0.717, 1.165) is 11.1 Å². The summed E-state index contributed by atoms with van der Waals surface area (Å²) < 4.78 is 15.3. The minimum Gasteiger partial charge on any atom is -0.382 e. The molecule has 0 aliphatic heterocycles. The first-order valence-corrected chi connectivity index (χ1v) is 7.67. The Morgan fingerprint density at radius 2 is 2.04 bits per heavy atom. The highest BCUT2D eigenvalue weighted by Gasteiger charge is 2.11. The molecule has 0 fully saturated rings. The maximum atomic E-state index is 11.6. The van der Waals surface area contributed by atoms with Gasteiger partial charge in [0.2, 0.25) is 0 Å². The van der Waals surface area contributed by atoms with Gasteiger partial charge in [0.25, 0.3) is 5.89 Å². The average molecular weight is 334 g/mol. The van der Waals surface area contributed by atoms with E-state index < -0.39 is 0 Å². The summed E-state index contributed by atoms with van der Waals surface area (Å²) in [7, 11) is 1.61. The Morgan fingerprint density at radius 1 is 1.21 bits per heavy atom. The molecule has 130 valence electrons. The fraction of sp³-hybridized carbons (Fsp3) is 0.438. The molecule has 2 aromatic rings. The highest BCUT2D eigenvalue weighted by Crippen LogP contribution is 2.20. The van der Waals surface area contributed by atoms with Crippen LogP contribution in [-0.4, -0.2) is 49.6 Å². The molecule has 1 heterocycles. The van der Waals surface area contributed by atoms with Crippen LogP contribution in [0.2, 0.25) is 0 Å². The van der Waals surface area contributed by atoms with Gasteiger partial charge in [-0.25, -0.2) is 4.79 Å². The third-order valence-corrected chi connectivity index (χ3v) is 3.21. The van der Waals surface area contributed by atoms with E-state index in [4.69, 9.17) is 14.0 Å². The molecule has 24 heavy (non-hydrogen) atoms. The van der Waals surface area contributed by atoms with Gasteiger partial charge in [0.05, 0.1) is 26.4 Å². The largest absolute Gasteiger partial charge is 0.382 e. The molecule has 0 saturated carbocycles. The number of ether oxygens (including phenoxy) is 2. The summed E-state index contributed by atoms with van der Waals surface area (Å²) in [4.78, 5) is 15.9. The molecule has 1 aromatic carbocycles. The summed E-state index contributed by atoms with van der Waals surface area (Å²) in [6, 6.07) is 7.43. The zero-order chi connectivity index (χ0) is 17.2. The van der Waals surface area contributed by atoms with E-state index in [9.17, 15) is 4.79 Å². The molecular formula is C16H22N4O4. The number of nitrogens with zero attached hydrogens (tertiary/aromatic N) is 2. The summed E-state index contributed by atoms with van der Waals surface area (Å²) in [6.07, 6.45) is 0. The van der Waals surface area contributed by atoms with E-state index in [1.165, 1.54) is 0 Å². The van der Waals surface area contributed by atoms with Crippen molar-refractivity contribution in [2.24, 2.45) is 0 Å². The maximum Gasteiger partial charge on any atom is 0.315 e. The number of urea groups is 1. The van der Waals surface area contributed by atoms with Gasteiger partial charge in [-0.2, -0.15) is 4.98 Å². The van der Waals surface area contributed by atoms with Gasteiger partial charge in [-0.1, -0.05) is 23.4 Å². The van der Waals surface area contributed by atoms with Crippen molar-refractivity contribution in [2.45, 2.75) is 13.5 Å². The molecule has 8 nitrogen and oxygen atoms in total. The van der Waals surface area contributed by atoms with Crippen molar-refractivity contribution in [1.29, 1.82) is 0 Å². The number of aromatic nitrogens is 2. The van der Waals surface area contributed by atoms with Crippen molar-refractivity contribution in [3.05, 3.63) is 35.7 Å². The Bertz CT molecular complexity index is 645. The third kappa shape index (κ3) is 5.64. The first kappa shape index (κ1) is 17.9. The quantitative estimate of drug-likeness (QED) is 0.675. The van der Waals surface area contributed by atoms with Crippen molar-refractivity contribution < 1.29 is 18.8 Å². The lowest BCUT2D eigenvalue weighted by atomic mass is 10.1. The Kier molecular flexibility index (Phi) is 7.19. The fourth-order valence-corrected chi connectivity index (χ4v) is 1.95. The predicted octanol–water partition coefficient (Wildman–Crippen LogP) is 1.51. The molecule has 0 spiro atoms. The number of rotatable bonds is 9. The molecule has 2 amide bonds. The van der Waals surface area contributed by atoms with Crippen LogP contribution in [0, 0.1) is 6.92 Å². The fourth-order valence-electron chi connectivity index (χ4n) is 1.95. The van der Waals surface area contributed by atoms with E-state index in [-0.39, 0.29) is 12.6 Å². The molecular weight excluding hydrogens is 312 g/mol. The van der Waals surface area contributed by atoms with Gasteiger partial charge in [-0.15, -0.1) is 0 Å². The molecule has 0 aliphatic carbocycles. The Balaban J connectivity index is 1.71. The molecule has 0 aliphatic rings. The molecule has 0 saturated heterocycles. The highest BCUT2D eigenvalue weighted by atomic mass is 16.5. The number of carbonyl (C=O) groups is 1. The number of aryl methyl sites for hydroxylation is 1. The van der Waals surface area contributed by atoms with E-state index >= 15 is 0 Å². The molecule has 8 heteroatoms. The van der Waals surface area contributed by atoms with Crippen LogP contribution in [0.15, 0.2) is 28.8 Å². The van der Waals surface area contributed by atoms with Gasteiger partial charge in [0.15, 0.2) is 5.82 Å². The second-order valence-electron chi connectivity index (χ2n) is 5.05. The average Bonchev–Trinajstić information content (AvgIpc) is 3.05. The molecule has 2 rings (SSSR count). The zero-order valence-corrected chi connectivity index (χ0v) is 13.9. The van der Waals surface area contributed by atoms with E-state index in [0.29, 0.717) is 38.1 Å². The first-order chi connectivity index (χ1) is 11.7. The Hall–Kier alpha value is -2.45. The zero-order valence-electron chi connectivity index (χ0n) is 13.9. The lowest BCUT2D eigenvalue weighted by Gasteiger charge is -2.06. The minimum absolute atomic E-state index is 0.186. The summed E-state index contributed by atoms with van der Waals surface area (Å²) in [5.41, 5.74) is 1.93. The van der Waals surface area contributed by atoms with E-state index in [1.807, 2.05) is 31.2 Å². The van der Waals surface area contributed by atoms with Gasteiger partial charge in [0, 0.05) is 19.2 Å². The molecule has 1 aromatic heterocycles. The van der Waals surface area contributed by atoms with Gasteiger partial charge in [-0.3, -0.25) is 0 Å². The van der Waals surface area contributed by atoms with Crippen molar-refractivity contribution in [3.8, 4) is 11.5 Å². The van der Waals surface area contributed by atoms with Crippen molar-refractivity contribution >= 4 is 6.03 Å². The normalized spacial score (nSPS) is 10.6. The van der Waals surface area contributed by atoms with E-state index in [2.05, 4.69) is 20.8 Å². The SMILES string of the molecule is COCCOCCNC(=O)NCc1noc(-c2ccccc2C)n1. The summed E-state index contributed by atoms with van der Waals surface area (Å²) in [5.74, 6) is 0.858. The van der Waals surface area contributed by atoms with Crippen LogP contribution in [0.5, 0.6) is 0 Å². The minimum atomic E-state index is -0.312. The molecule has 0 bridgehead atoms. The molecule has 0 atom stereocenters. The van der Waals surface area contributed by atoms with Crippen LogP contribution in [0.25, 0.3) is 11.5 Å². The Morgan fingerprint density at radius 3 is 2.83 bits per heavy atom. The maximum absolute atomic E-state index is 11.6. The summed E-state index contributed by atoms with van der Waals surface area (Å²) in [5, 5.41) is 9.21. The Labute approximate surface area is 140 Å².